The van der Waals surface area contributed by atoms with E-state index >= 15 is 0 Å². The molecule has 3 aromatic rings. The van der Waals surface area contributed by atoms with Gasteiger partial charge in [0.05, 0.1) is 59.9 Å². The number of ether oxygens (including phenoxy) is 5. The number of aromatic nitrogens is 3. The lowest BCUT2D eigenvalue weighted by Gasteiger charge is -2.56. The predicted octanol–water partition coefficient (Wildman–Crippen LogP) is 8.13. The van der Waals surface area contributed by atoms with E-state index in [0.717, 1.165) is 86.8 Å². The number of thioether (sulfide) groups is 1. The third kappa shape index (κ3) is 14.8. The van der Waals surface area contributed by atoms with Gasteiger partial charge in [0.15, 0.2) is 5.78 Å². The average Bonchev–Trinajstić information content (AvgIpc) is 4.15. The zero-order chi connectivity index (χ0) is 54.7. The Morgan fingerprint density at radius 1 is 0.910 bits per heavy atom. The number of nitrogens with zero attached hydrogens (tertiary/aromatic N) is 3. The quantitative estimate of drug-likeness (QED) is 0.0200. The summed E-state index contributed by atoms with van der Waals surface area (Å²) in [6.07, 6.45) is 24.4. The first-order valence-electron chi connectivity index (χ1n) is 28.2. The van der Waals surface area contributed by atoms with Crippen LogP contribution in [0.5, 0.6) is 0 Å². The highest BCUT2D eigenvalue weighted by Gasteiger charge is 2.59. The van der Waals surface area contributed by atoms with E-state index in [0.29, 0.717) is 61.7 Å². The number of ketones is 1. The standard InChI is InChI=1S/C60H79N7O10S/c1-5-6-7-8-10-18-50-58(2,72)30-29-47-48(74-50)34-52-60(4,77-47)39-59(3)51(75-52)19-15-16-45(76-59)33-44-36-67(66-65-44)35-40-21-25-42(26-22-40)55(69)43-27-23-41(24-28-43)37-73-57(71)62-32-14-9-13-31-61-53(68)20-12-11-17-49-54-46(38-78-49)63-56(70)64-54/h5,7-8,10,18,21-30,36,45-52,54,72H,1,6,9,11-17,19-20,31-35,37-39H2,2-4H3,(H,61,68)(H,62,71)(H2,63,64,70)/b8-7+,18-10+/t45-,46+,47-,48+,49+,50-,51+,52-,54+,58+,59-,60+/m1/s1. The van der Waals surface area contributed by atoms with E-state index < -0.39 is 29.0 Å². The highest BCUT2D eigenvalue weighted by Crippen LogP contribution is 2.49. The molecule has 2 aromatic carbocycles. The minimum Gasteiger partial charge on any atom is -0.445 e. The SMILES string of the molecule is C=CC/C=C/C=C/[C@H]1O[C@H]2C[C@H]3O[C@H]4CCC[C@H](Cc5cn(Cc6ccc(C(=O)c7ccc(COC(=O)NCCCCCNC(=O)CCCC[C@@H]8SC[C@@H]9NC(=O)N[C@@H]98)cc7)cc6)nn5)O[C@]4(C)C[C@]3(C)O[C@@H]2C=C[C@]1(C)O. The van der Waals surface area contributed by atoms with E-state index in [1.807, 2.05) is 83.4 Å². The Morgan fingerprint density at radius 2 is 1.67 bits per heavy atom. The summed E-state index contributed by atoms with van der Waals surface area (Å²) >= 11 is 1.89. The Hall–Kier alpha value is -5.63. The van der Waals surface area contributed by atoms with Crippen molar-refractivity contribution in [1.82, 2.24) is 36.3 Å². The second-order valence-corrected chi connectivity index (χ2v) is 23.8. The number of nitrogens with one attached hydrogen (secondary N) is 4. The third-order valence-electron chi connectivity index (χ3n) is 16.1. The molecule has 5 saturated heterocycles. The van der Waals surface area contributed by atoms with Crippen LogP contribution < -0.4 is 21.3 Å². The molecule has 0 radical (unpaired) electrons. The van der Waals surface area contributed by atoms with Gasteiger partial charge >= 0.3 is 12.1 Å². The van der Waals surface area contributed by atoms with Gasteiger partial charge in [-0.25, -0.2) is 14.3 Å². The van der Waals surface area contributed by atoms with Crippen LogP contribution in [0.2, 0.25) is 0 Å². The van der Waals surface area contributed by atoms with Gasteiger partial charge in [0, 0.05) is 67.1 Å². The first-order valence-corrected chi connectivity index (χ1v) is 29.2. The first-order chi connectivity index (χ1) is 37.6. The lowest BCUT2D eigenvalue weighted by atomic mass is 9.74. The normalized spacial score (nSPS) is 31.2. The van der Waals surface area contributed by atoms with Crippen LogP contribution in [0, 0.1) is 0 Å². The van der Waals surface area contributed by atoms with Crippen LogP contribution in [0.1, 0.15) is 137 Å². The number of allylic oxidation sites excluding steroid dienone is 4. The molecule has 5 fully saturated rings. The summed E-state index contributed by atoms with van der Waals surface area (Å²) in [5, 5.41) is 32.5. The van der Waals surface area contributed by atoms with Crippen molar-refractivity contribution in [3.8, 4) is 0 Å². The summed E-state index contributed by atoms with van der Waals surface area (Å²) in [5.41, 5.74) is 1.27. The van der Waals surface area contributed by atoms with Crippen molar-refractivity contribution in [3.05, 3.63) is 132 Å². The van der Waals surface area contributed by atoms with Gasteiger partial charge in [-0.3, -0.25) is 9.59 Å². The lowest BCUT2D eigenvalue weighted by Crippen LogP contribution is -2.66. The van der Waals surface area contributed by atoms with Gasteiger partial charge in [-0.15, -0.1) is 11.7 Å². The number of rotatable bonds is 23. The minimum absolute atomic E-state index is 0.0609. The third-order valence-corrected chi connectivity index (χ3v) is 17.6. The molecular formula is C60H79N7O10S. The van der Waals surface area contributed by atoms with E-state index in [-0.39, 0.29) is 66.9 Å². The van der Waals surface area contributed by atoms with Gasteiger partial charge in [0.2, 0.25) is 5.91 Å². The van der Waals surface area contributed by atoms with Crippen molar-refractivity contribution in [2.45, 2.75) is 195 Å². The minimum atomic E-state index is -1.21. The number of fused-ring (bicyclic) bond motifs is 4. The van der Waals surface area contributed by atoms with Crippen LogP contribution in [-0.4, -0.2) is 134 Å². The van der Waals surface area contributed by atoms with Crippen LogP contribution >= 0.6 is 11.8 Å². The van der Waals surface area contributed by atoms with E-state index in [1.165, 1.54) is 0 Å². The Balaban J connectivity index is 0.656. The zero-order valence-electron chi connectivity index (χ0n) is 45.4. The Kier molecular flexibility index (Phi) is 19.1. The van der Waals surface area contributed by atoms with Gasteiger partial charge < -0.3 is 50.1 Å². The molecule has 6 aliphatic rings. The lowest BCUT2D eigenvalue weighted by molar-refractivity contribution is -0.314. The van der Waals surface area contributed by atoms with Gasteiger partial charge in [0.1, 0.15) is 24.4 Å². The first kappa shape index (κ1) is 57.1. The number of hydrogen-bond acceptors (Lipinski definition) is 13. The number of alkyl carbamates (subject to hydrolysis) is 1. The summed E-state index contributed by atoms with van der Waals surface area (Å²) in [6.45, 7) is 11.4. The van der Waals surface area contributed by atoms with Crippen LogP contribution in [0.15, 0.2) is 104 Å². The Labute approximate surface area is 463 Å². The molecule has 0 spiro atoms. The van der Waals surface area contributed by atoms with E-state index in [2.05, 4.69) is 52.0 Å². The maximum atomic E-state index is 13.4. The number of unbranched alkanes of at least 4 members (excludes halogenated alkanes) is 3. The van der Waals surface area contributed by atoms with Crippen molar-refractivity contribution >= 4 is 35.6 Å². The fourth-order valence-corrected chi connectivity index (χ4v) is 13.4. The van der Waals surface area contributed by atoms with Crippen molar-refractivity contribution in [1.29, 1.82) is 0 Å². The summed E-state index contributed by atoms with van der Waals surface area (Å²) in [4.78, 5) is 49.6. The number of aliphatic hydroxyl groups is 1. The van der Waals surface area contributed by atoms with Gasteiger partial charge in [-0.1, -0.05) is 103 Å². The van der Waals surface area contributed by atoms with Gasteiger partial charge in [-0.2, -0.15) is 11.8 Å². The molecule has 7 heterocycles. The Bertz CT molecular complexity index is 2640. The number of hydrogen-bond donors (Lipinski definition) is 5. The maximum absolute atomic E-state index is 13.4. The molecule has 9 rings (SSSR count). The van der Waals surface area contributed by atoms with E-state index in [4.69, 9.17) is 23.7 Å². The molecule has 1 aromatic heterocycles. The van der Waals surface area contributed by atoms with Crippen LogP contribution in [0.3, 0.4) is 0 Å². The molecule has 6 aliphatic heterocycles. The van der Waals surface area contributed by atoms with Crippen molar-refractivity contribution < 1.29 is 48.0 Å². The topological polar surface area (TPSA) is 213 Å². The monoisotopic (exact) mass is 1090 g/mol. The van der Waals surface area contributed by atoms with Crippen molar-refractivity contribution in [2.75, 3.05) is 18.8 Å². The molecular weight excluding hydrogens is 1010 g/mol. The largest absolute Gasteiger partial charge is 0.445 e. The predicted molar refractivity (Wildman–Crippen MR) is 298 cm³/mol. The number of amides is 4. The van der Waals surface area contributed by atoms with Crippen molar-refractivity contribution in [2.24, 2.45) is 0 Å². The Morgan fingerprint density at radius 3 is 2.45 bits per heavy atom. The summed E-state index contributed by atoms with van der Waals surface area (Å²) in [7, 11) is 0. The van der Waals surface area contributed by atoms with Crippen LogP contribution in [0.4, 0.5) is 9.59 Å². The maximum Gasteiger partial charge on any atom is 0.407 e. The summed E-state index contributed by atoms with van der Waals surface area (Å²) in [6, 6.07) is 14.9. The average molecular weight is 1090 g/mol. The zero-order valence-corrected chi connectivity index (χ0v) is 46.3. The second-order valence-electron chi connectivity index (χ2n) is 22.5. The summed E-state index contributed by atoms with van der Waals surface area (Å²) in [5.74, 6) is 0.896. The van der Waals surface area contributed by atoms with Crippen molar-refractivity contribution in [3.63, 3.8) is 0 Å². The molecule has 17 nitrogen and oxygen atoms in total. The van der Waals surface area contributed by atoms with Crippen LogP contribution in [0.25, 0.3) is 0 Å². The fraction of sp³-hybridized carbons (Fsp3) is 0.567. The number of urea groups is 1. The molecule has 18 heteroatoms. The molecule has 12 atom stereocenters. The fourth-order valence-electron chi connectivity index (χ4n) is 11.9. The molecule has 0 unspecified atom stereocenters. The number of carbonyl (C=O) groups is 4. The second kappa shape index (κ2) is 26.1. The molecule has 5 N–H and O–H groups in total. The van der Waals surface area contributed by atoms with Gasteiger partial charge in [0.25, 0.3) is 0 Å². The summed E-state index contributed by atoms with van der Waals surface area (Å²) < 4.78 is 34.6. The highest BCUT2D eigenvalue weighted by atomic mass is 32.2. The smallest absolute Gasteiger partial charge is 0.407 e. The molecule has 0 bridgehead atoms. The van der Waals surface area contributed by atoms with E-state index in [9.17, 15) is 24.3 Å². The molecule has 4 amide bonds. The molecule has 0 aliphatic carbocycles. The molecule has 0 saturated carbocycles. The molecule has 420 valence electrons. The van der Waals surface area contributed by atoms with Crippen LogP contribution in [-0.2, 0) is 48.1 Å². The number of benzene rings is 2. The number of carbonyl (C=O) groups excluding carboxylic acids is 4. The highest BCUT2D eigenvalue weighted by molar-refractivity contribution is 8.00. The van der Waals surface area contributed by atoms with Gasteiger partial charge in [-0.05, 0) is 89.7 Å². The van der Waals surface area contributed by atoms with E-state index in [1.54, 1.807) is 37.3 Å². The molecule has 78 heavy (non-hydrogen) atoms.